The second-order valence-corrected chi connectivity index (χ2v) is 6.40. The fourth-order valence-electron chi connectivity index (χ4n) is 3.08. The fourth-order valence-corrected chi connectivity index (χ4v) is 3.08. The molecule has 1 saturated heterocycles. The van der Waals surface area contributed by atoms with Crippen LogP contribution in [0.1, 0.15) is 10.5 Å². The Kier molecular flexibility index (Phi) is 8.58. The van der Waals surface area contributed by atoms with Crippen LogP contribution in [0.4, 0.5) is 4.39 Å². The smallest absolute Gasteiger partial charge is 0.276 e. The van der Waals surface area contributed by atoms with Crippen LogP contribution in [0, 0.1) is 5.82 Å². The summed E-state index contributed by atoms with van der Waals surface area (Å²) in [6.45, 7) is 2.16. The molecule has 1 amide bonds. The van der Waals surface area contributed by atoms with Gasteiger partial charge in [-0.05, 0) is 30.3 Å². The molecule has 1 aliphatic rings. The topological polar surface area (TPSA) is 80.5 Å². The van der Waals surface area contributed by atoms with E-state index in [0.29, 0.717) is 37.6 Å². The molecule has 1 N–H and O–H groups in total. The summed E-state index contributed by atoms with van der Waals surface area (Å²) in [6, 6.07) is 9.35. The number of ether oxygens (including phenoxy) is 1. The van der Waals surface area contributed by atoms with Gasteiger partial charge in [0.05, 0.1) is 12.2 Å². The number of pyridine rings is 1. The van der Waals surface area contributed by atoms with E-state index in [1.807, 2.05) is 6.07 Å². The van der Waals surface area contributed by atoms with Crippen LogP contribution in [0.15, 0.2) is 59.5 Å². The molecule has 0 radical (unpaired) electrons. The van der Waals surface area contributed by atoms with E-state index in [-0.39, 0.29) is 48.3 Å². The molecule has 30 heavy (non-hydrogen) atoms. The van der Waals surface area contributed by atoms with Crippen molar-refractivity contribution >= 4 is 30.7 Å². The summed E-state index contributed by atoms with van der Waals surface area (Å²) in [5.41, 5.74) is 0.670. The Labute approximate surface area is 185 Å². The highest BCUT2D eigenvalue weighted by molar-refractivity contribution is 5.92. The Hall–Kier alpha value is -2.68. The van der Waals surface area contributed by atoms with E-state index in [9.17, 15) is 9.18 Å². The van der Waals surface area contributed by atoms with Gasteiger partial charge in [0.2, 0.25) is 5.89 Å². The zero-order valence-corrected chi connectivity index (χ0v) is 17.5. The van der Waals surface area contributed by atoms with Crippen LogP contribution >= 0.6 is 24.8 Å². The quantitative estimate of drug-likeness (QED) is 0.637. The number of hydrogen-bond donors (Lipinski definition) is 1. The zero-order chi connectivity index (χ0) is 19.3. The van der Waals surface area contributed by atoms with Crippen molar-refractivity contribution in [1.82, 2.24) is 20.2 Å². The SMILES string of the molecule is Cl.Cl.O=C(c1coc(-c2cccc(F)c2)n1)N1CCNCC1COc1cccnc1. The van der Waals surface area contributed by atoms with Crippen molar-refractivity contribution in [3.05, 3.63) is 66.6 Å². The van der Waals surface area contributed by atoms with Crippen molar-refractivity contribution in [3.8, 4) is 17.2 Å². The maximum atomic E-state index is 13.4. The van der Waals surface area contributed by atoms with Gasteiger partial charge >= 0.3 is 0 Å². The molecule has 0 aliphatic carbocycles. The van der Waals surface area contributed by atoms with Crippen molar-refractivity contribution in [2.24, 2.45) is 0 Å². The third-order valence-electron chi connectivity index (χ3n) is 4.48. The summed E-state index contributed by atoms with van der Waals surface area (Å²) in [4.78, 5) is 23.0. The lowest BCUT2D eigenvalue weighted by atomic mass is 10.2. The summed E-state index contributed by atoms with van der Waals surface area (Å²) in [6.07, 6.45) is 4.61. The highest BCUT2D eigenvalue weighted by Gasteiger charge is 2.30. The van der Waals surface area contributed by atoms with E-state index in [2.05, 4.69) is 15.3 Å². The van der Waals surface area contributed by atoms with Gasteiger partial charge in [0.1, 0.15) is 24.4 Å². The summed E-state index contributed by atoms with van der Waals surface area (Å²) < 4.78 is 24.6. The highest BCUT2D eigenvalue weighted by atomic mass is 35.5. The third-order valence-corrected chi connectivity index (χ3v) is 4.48. The number of hydrogen-bond acceptors (Lipinski definition) is 6. The number of halogens is 3. The number of oxazole rings is 1. The summed E-state index contributed by atoms with van der Waals surface area (Å²) >= 11 is 0. The van der Waals surface area contributed by atoms with Gasteiger partial charge < -0.3 is 19.4 Å². The monoisotopic (exact) mass is 454 g/mol. The average Bonchev–Trinajstić information content (AvgIpc) is 3.23. The van der Waals surface area contributed by atoms with E-state index in [0.717, 1.165) is 0 Å². The van der Waals surface area contributed by atoms with Gasteiger partial charge in [-0.15, -0.1) is 24.8 Å². The van der Waals surface area contributed by atoms with Crippen molar-refractivity contribution in [3.63, 3.8) is 0 Å². The second kappa shape index (κ2) is 10.9. The molecule has 160 valence electrons. The lowest BCUT2D eigenvalue weighted by Gasteiger charge is -2.35. The van der Waals surface area contributed by atoms with Gasteiger partial charge in [-0.1, -0.05) is 6.07 Å². The van der Waals surface area contributed by atoms with Gasteiger partial charge in [0.25, 0.3) is 5.91 Å². The number of benzene rings is 1. The standard InChI is InChI=1S/C20H19FN4O3.2ClH/c21-15-4-1-3-14(9-15)19-24-18(13-28-19)20(26)25-8-7-23-10-16(25)12-27-17-5-2-6-22-11-17;;/h1-6,9,11,13,16,23H,7-8,10,12H2;2*1H. The fraction of sp³-hybridized carbons (Fsp3) is 0.250. The number of nitrogens with zero attached hydrogens (tertiary/aromatic N) is 3. The third kappa shape index (κ3) is 5.47. The first-order valence-corrected chi connectivity index (χ1v) is 8.97. The predicted octanol–water partition coefficient (Wildman–Crippen LogP) is 3.21. The molecule has 1 fully saturated rings. The number of nitrogens with one attached hydrogen (secondary N) is 1. The number of carbonyl (C=O) groups excluding carboxylic acids is 1. The lowest BCUT2D eigenvalue weighted by molar-refractivity contribution is 0.0553. The Balaban J connectivity index is 0.00000160. The second-order valence-electron chi connectivity index (χ2n) is 6.40. The Morgan fingerprint density at radius 2 is 2.17 bits per heavy atom. The molecule has 3 aromatic rings. The molecule has 1 aromatic carbocycles. The van der Waals surface area contributed by atoms with Gasteiger partial charge in [-0.2, -0.15) is 0 Å². The molecular formula is C20H21Cl2FN4O3. The van der Waals surface area contributed by atoms with Crippen molar-refractivity contribution in [2.45, 2.75) is 6.04 Å². The predicted molar refractivity (Wildman–Crippen MR) is 114 cm³/mol. The maximum Gasteiger partial charge on any atom is 0.276 e. The van der Waals surface area contributed by atoms with Crippen LogP contribution in [0.25, 0.3) is 11.5 Å². The number of aromatic nitrogens is 2. The molecule has 10 heteroatoms. The molecule has 0 saturated carbocycles. The molecule has 3 heterocycles. The molecule has 1 aliphatic heterocycles. The van der Waals surface area contributed by atoms with Crippen LogP contribution in [0.5, 0.6) is 5.75 Å². The molecule has 2 aromatic heterocycles. The van der Waals surface area contributed by atoms with Gasteiger partial charge in [-0.25, -0.2) is 9.37 Å². The Morgan fingerprint density at radius 1 is 1.30 bits per heavy atom. The van der Waals surface area contributed by atoms with E-state index < -0.39 is 5.82 Å². The molecular weight excluding hydrogens is 434 g/mol. The average molecular weight is 455 g/mol. The van der Waals surface area contributed by atoms with E-state index in [4.69, 9.17) is 9.15 Å². The summed E-state index contributed by atoms with van der Waals surface area (Å²) in [7, 11) is 0. The van der Waals surface area contributed by atoms with Gasteiger partial charge in [0.15, 0.2) is 5.69 Å². The first-order chi connectivity index (χ1) is 13.7. The minimum Gasteiger partial charge on any atom is -0.490 e. The molecule has 4 rings (SSSR count). The zero-order valence-electron chi connectivity index (χ0n) is 15.9. The van der Waals surface area contributed by atoms with Crippen molar-refractivity contribution in [2.75, 3.05) is 26.2 Å². The number of piperazine rings is 1. The van der Waals surface area contributed by atoms with E-state index >= 15 is 0 Å². The minimum atomic E-state index is -0.390. The van der Waals surface area contributed by atoms with Crippen molar-refractivity contribution < 1.29 is 18.3 Å². The number of carbonyl (C=O) groups is 1. The number of rotatable bonds is 5. The maximum absolute atomic E-state index is 13.4. The van der Waals surface area contributed by atoms with E-state index in [1.165, 1.54) is 18.4 Å². The highest BCUT2D eigenvalue weighted by Crippen LogP contribution is 2.21. The molecule has 0 spiro atoms. The summed E-state index contributed by atoms with van der Waals surface area (Å²) in [5, 5.41) is 3.27. The minimum absolute atomic E-state index is 0. The van der Waals surface area contributed by atoms with Crippen LogP contribution in [0.2, 0.25) is 0 Å². The van der Waals surface area contributed by atoms with Crippen LogP contribution in [-0.2, 0) is 0 Å². The van der Waals surface area contributed by atoms with Crippen LogP contribution in [-0.4, -0.2) is 53.1 Å². The molecule has 7 nitrogen and oxygen atoms in total. The number of amides is 1. The molecule has 1 unspecified atom stereocenters. The first kappa shape index (κ1) is 23.6. The van der Waals surface area contributed by atoms with Crippen LogP contribution in [0.3, 0.4) is 0 Å². The largest absolute Gasteiger partial charge is 0.490 e. The molecule has 0 bridgehead atoms. The van der Waals surface area contributed by atoms with Gasteiger partial charge in [-0.3, -0.25) is 9.78 Å². The Morgan fingerprint density at radius 3 is 2.93 bits per heavy atom. The van der Waals surface area contributed by atoms with Gasteiger partial charge in [0, 0.05) is 31.4 Å². The first-order valence-electron chi connectivity index (χ1n) is 8.97. The molecule has 1 atom stereocenters. The summed E-state index contributed by atoms with van der Waals surface area (Å²) in [5.74, 6) is 0.224. The lowest BCUT2D eigenvalue weighted by Crippen LogP contribution is -2.56. The Bertz CT molecular complexity index is 958. The van der Waals surface area contributed by atoms with Crippen molar-refractivity contribution in [1.29, 1.82) is 0 Å². The van der Waals surface area contributed by atoms with E-state index in [1.54, 1.807) is 35.5 Å². The normalized spacial score (nSPS) is 15.6. The van der Waals surface area contributed by atoms with Crippen LogP contribution < -0.4 is 10.1 Å².